The molecule has 0 N–H and O–H groups in total. The molecule has 0 spiro atoms. The van der Waals surface area contributed by atoms with Gasteiger partial charge in [0.1, 0.15) is 5.82 Å². The third-order valence-corrected chi connectivity index (χ3v) is 5.47. The van der Waals surface area contributed by atoms with Gasteiger partial charge in [0.2, 0.25) is 0 Å². The Labute approximate surface area is 140 Å². The molecule has 2 aromatic rings. The zero-order valence-electron chi connectivity index (χ0n) is 12.0. The molecule has 0 saturated carbocycles. The van der Waals surface area contributed by atoms with Gasteiger partial charge in [-0.2, -0.15) is 0 Å². The van der Waals surface area contributed by atoms with Crippen molar-refractivity contribution in [3.8, 4) is 0 Å². The topological polar surface area (TPSA) is 0 Å². The van der Waals surface area contributed by atoms with Crippen molar-refractivity contribution in [1.29, 1.82) is 0 Å². The first kappa shape index (κ1) is 15.2. The molecule has 0 heterocycles. The van der Waals surface area contributed by atoms with E-state index in [2.05, 4.69) is 50.9 Å². The largest absolute Gasteiger partial charge is 0.206 e. The summed E-state index contributed by atoms with van der Waals surface area (Å²) in [7, 11) is 0. The summed E-state index contributed by atoms with van der Waals surface area (Å²) in [5.74, 6) is -0.188. The van der Waals surface area contributed by atoms with Gasteiger partial charge in [-0.25, -0.2) is 4.39 Å². The lowest BCUT2D eigenvalue weighted by Crippen LogP contribution is -1.97. The second-order valence-corrected chi connectivity index (χ2v) is 7.32. The van der Waals surface area contributed by atoms with Crippen LogP contribution in [0.4, 0.5) is 4.39 Å². The van der Waals surface area contributed by atoms with Crippen molar-refractivity contribution < 1.29 is 4.39 Å². The summed E-state index contributed by atoms with van der Waals surface area (Å²) >= 11 is 6.94. The monoisotopic (exact) mass is 410 g/mol. The zero-order valence-corrected chi connectivity index (χ0v) is 15.2. The number of hydrogen-bond acceptors (Lipinski definition) is 0. The molecule has 0 radical (unpaired) electrons. The fourth-order valence-corrected chi connectivity index (χ4v) is 3.81. The van der Waals surface area contributed by atoms with Crippen LogP contribution in [-0.4, -0.2) is 0 Å². The Morgan fingerprint density at radius 2 is 1.43 bits per heavy atom. The van der Waals surface area contributed by atoms with E-state index in [1.54, 1.807) is 6.07 Å². The number of unbranched alkanes of at least 4 members (excludes halogenated alkanes) is 3. The molecule has 0 fully saturated rings. The summed E-state index contributed by atoms with van der Waals surface area (Å²) in [5.41, 5.74) is 1.33. The van der Waals surface area contributed by atoms with Crippen molar-refractivity contribution in [3.63, 3.8) is 0 Å². The van der Waals surface area contributed by atoms with E-state index in [0.717, 1.165) is 16.9 Å². The van der Waals surface area contributed by atoms with Gasteiger partial charge in [-0.1, -0.05) is 42.1 Å². The lowest BCUT2D eigenvalue weighted by atomic mass is 9.97. The van der Waals surface area contributed by atoms with Gasteiger partial charge in [-0.15, -0.1) is 0 Å². The number of rotatable bonds is 5. The van der Waals surface area contributed by atoms with Crippen molar-refractivity contribution in [2.75, 3.05) is 0 Å². The number of benzene rings is 2. The molecule has 0 aliphatic heterocycles. The second-order valence-electron chi connectivity index (χ2n) is 5.61. The molecule has 2 aromatic carbocycles. The highest BCUT2D eigenvalue weighted by Gasteiger charge is 2.10. The highest BCUT2D eigenvalue weighted by Crippen LogP contribution is 2.26. The maximum atomic E-state index is 13.7. The molecule has 0 bridgehead atoms. The average Bonchev–Trinajstić information content (AvgIpc) is 2.47. The van der Waals surface area contributed by atoms with Crippen LogP contribution in [-0.2, 0) is 6.42 Å². The Balaban J connectivity index is 2.00. The second kappa shape index (κ2) is 6.21. The minimum absolute atomic E-state index is 0.188. The van der Waals surface area contributed by atoms with Gasteiger partial charge in [-0.3, -0.25) is 0 Å². The Hall–Kier alpha value is -0.670. The first-order valence-electron chi connectivity index (χ1n) is 7.44. The molecular formula is C18H17Br2F. The van der Waals surface area contributed by atoms with Crippen LogP contribution in [0.2, 0.25) is 0 Å². The third kappa shape index (κ3) is 2.83. The van der Waals surface area contributed by atoms with Crippen molar-refractivity contribution in [2.45, 2.75) is 39.0 Å². The highest BCUT2D eigenvalue weighted by molar-refractivity contribution is 9.10. The SMILES string of the molecule is CCCCCCc1cc2c(cc1Br)=c1cc(Br)c(F)cc1=2. The van der Waals surface area contributed by atoms with Gasteiger partial charge < -0.3 is 0 Å². The number of fused-ring (bicyclic) bond motifs is 2. The van der Waals surface area contributed by atoms with Crippen LogP contribution in [0.5, 0.6) is 0 Å². The van der Waals surface area contributed by atoms with Crippen molar-refractivity contribution >= 4 is 31.9 Å². The van der Waals surface area contributed by atoms with Crippen LogP contribution < -0.4 is 0 Å². The molecule has 0 amide bonds. The fourth-order valence-electron chi connectivity index (χ4n) is 2.93. The summed E-state index contributed by atoms with van der Waals surface area (Å²) < 4.78 is 15.4. The van der Waals surface area contributed by atoms with Crippen LogP contribution in [0.25, 0.3) is 0 Å². The molecule has 0 aromatic heterocycles. The highest BCUT2D eigenvalue weighted by atomic mass is 79.9. The van der Waals surface area contributed by atoms with Gasteiger partial charge in [0.25, 0.3) is 0 Å². The van der Waals surface area contributed by atoms with E-state index in [9.17, 15) is 4.39 Å². The third-order valence-electron chi connectivity index (χ3n) is 4.13. The van der Waals surface area contributed by atoms with Crippen LogP contribution in [0.15, 0.2) is 33.2 Å². The molecular weight excluding hydrogens is 395 g/mol. The van der Waals surface area contributed by atoms with Crippen molar-refractivity contribution in [2.24, 2.45) is 0 Å². The molecule has 110 valence electrons. The van der Waals surface area contributed by atoms with Crippen LogP contribution in [0, 0.1) is 26.7 Å². The standard InChI is InChI=1S/C18H17Br2F/c1-2-3-4-5-6-11-7-12-13(8-16(11)19)14-9-17(20)18(21)10-15(12)14/h7-10H,2-6H2,1H3. The zero-order chi connectivity index (χ0) is 15.0. The Morgan fingerprint density at radius 3 is 2.14 bits per heavy atom. The van der Waals surface area contributed by atoms with E-state index in [0.29, 0.717) is 4.47 Å². The molecule has 0 atom stereocenters. The first-order chi connectivity index (χ1) is 10.1. The molecule has 0 saturated heterocycles. The minimum atomic E-state index is -0.188. The summed E-state index contributed by atoms with van der Waals surface area (Å²) in [5, 5.41) is 4.57. The normalized spacial score (nSPS) is 11.8. The predicted octanol–water partition coefficient (Wildman–Crippen LogP) is 6.36. The van der Waals surface area contributed by atoms with Crippen molar-refractivity contribution in [1.82, 2.24) is 0 Å². The number of hydrogen-bond donors (Lipinski definition) is 0. The first-order valence-corrected chi connectivity index (χ1v) is 9.02. The maximum Gasteiger partial charge on any atom is 0.138 e. The van der Waals surface area contributed by atoms with Gasteiger partial charge in [0.15, 0.2) is 0 Å². The molecule has 1 aliphatic carbocycles. The maximum absolute atomic E-state index is 13.7. The lowest BCUT2D eigenvalue weighted by molar-refractivity contribution is 0.619. The summed E-state index contributed by atoms with van der Waals surface area (Å²) in [6.07, 6.45) is 6.13. The van der Waals surface area contributed by atoms with E-state index < -0.39 is 0 Å². The molecule has 1 aliphatic rings. The van der Waals surface area contributed by atoms with Gasteiger partial charge in [0, 0.05) is 4.47 Å². The molecule has 0 unspecified atom stereocenters. The Bertz CT molecular complexity index is 872. The van der Waals surface area contributed by atoms with Gasteiger partial charge in [0.05, 0.1) is 4.47 Å². The van der Waals surface area contributed by atoms with E-state index in [4.69, 9.17) is 0 Å². The van der Waals surface area contributed by atoms with E-state index >= 15 is 0 Å². The van der Waals surface area contributed by atoms with E-state index in [-0.39, 0.29) is 5.82 Å². The van der Waals surface area contributed by atoms with Crippen LogP contribution in [0.3, 0.4) is 0 Å². The van der Waals surface area contributed by atoms with Crippen LogP contribution in [0.1, 0.15) is 38.2 Å². The molecule has 3 rings (SSSR count). The van der Waals surface area contributed by atoms with E-state index in [1.807, 2.05) is 6.07 Å². The molecule has 0 nitrogen and oxygen atoms in total. The minimum Gasteiger partial charge on any atom is -0.206 e. The average molecular weight is 412 g/mol. The summed E-state index contributed by atoms with van der Waals surface area (Å²) in [4.78, 5) is 0. The van der Waals surface area contributed by atoms with Crippen molar-refractivity contribution in [3.05, 3.63) is 65.5 Å². The number of aryl methyl sites for hydroxylation is 1. The molecule has 21 heavy (non-hydrogen) atoms. The van der Waals surface area contributed by atoms with Gasteiger partial charge >= 0.3 is 0 Å². The fraction of sp³-hybridized carbons (Fsp3) is 0.333. The predicted molar refractivity (Wildman–Crippen MR) is 91.4 cm³/mol. The smallest absolute Gasteiger partial charge is 0.138 e. The Morgan fingerprint density at radius 1 is 0.810 bits per heavy atom. The Kier molecular flexibility index (Phi) is 4.51. The number of halogens is 3. The van der Waals surface area contributed by atoms with Gasteiger partial charge in [-0.05, 0) is 79.5 Å². The quantitative estimate of drug-likeness (QED) is 0.428. The summed E-state index contributed by atoms with van der Waals surface area (Å²) in [6.45, 7) is 2.23. The molecule has 3 heteroatoms. The van der Waals surface area contributed by atoms with Crippen LogP contribution >= 0.6 is 31.9 Å². The lowest BCUT2D eigenvalue weighted by Gasteiger charge is -2.11. The van der Waals surface area contributed by atoms with E-state index in [1.165, 1.54) is 46.2 Å². The summed E-state index contributed by atoms with van der Waals surface area (Å²) in [6, 6.07) is 7.91.